The molecular formula is C23H19ClN2O2S. The first-order valence-corrected chi connectivity index (χ1v) is 10.5. The third-order valence-corrected chi connectivity index (χ3v) is 5.64. The quantitative estimate of drug-likeness (QED) is 0.368. The van der Waals surface area contributed by atoms with E-state index in [0.29, 0.717) is 15.9 Å². The van der Waals surface area contributed by atoms with Crippen molar-refractivity contribution in [3.8, 4) is 0 Å². The van der Waals surface area contributed by atoms with Gasteiger partial charge in [-0.3, -0.25) is 10.1 Å². The zero-order valence-corrected chi connectivity index (χ0v) is 17.4. The van der Waals surface area contributed by atoms with Crippen molar-refractivity contribution in [3.05, 3.63) is 87.6 Å². The summed E-state index contributed by atoms with van der Waals surface area (Å²) in [5.74, 6) is 0.337. The molecule has 4 nitrogen and oxygen atoms in total. The van der Waals surface area contributed by atoms with Crippen LogP contribution in [0.25, 0.3) is 17.0 Å². The number of aryl methyl sites for hydroxylation is 1. The Balaban J connectivity index is 1.37. The highest BCUT2D eigenvalue weighted by molar-refractivity contribution is 7.15. The normalized spacial score (nSPS) is 11.4. The largest absolute Gasteiger partial charge is 0.457 e. The molecule has 0 saturated carbocycles. The molecule has 1 N–H and O–H groups in total. The minimum Gasteiger partial charge on any atom is -0.457 e. The van der Waals surface area contributed by atoms with Crippen molar-refractivity contribution >= 4 is 51.0 Å². The summed E-state index contributed by atoms with van der Waals surface area (Å²) in [6.07, 6.45) is 6.71. The fourth-order valence-corrected chi connectivity index (χ4v) is 3.99. The predicted octanol–water partition coefficient (Wildman–Crippen LogP) is 6.35. The molecular weight excluding hydrogens is 404 g/mol. The second-order valence-electron chi connectivity index (χ2n) is 6.63. The summed E-state index contributed by atoms with van der Waals surface area (Å²) in [6, 6.07) is 15.8. The molecule has 6 heteroatoms. The topological polar surface area (TPSA) is 55.1 Å². The Labute approximate surface area is 177 Å². The number of thiazole rings is 1. The highest BCUT2D eigenvalue weighted by Gasteiger charge is 2.07. The van der Waals surface area contributed by atoms with Crippen molar-refractivity contribution in [3.63, 3.8) is 0 Å². The first kappa shape index (κ1) is 19.4. The van der Waals surface area contributed by atoms with E-state index in [-0.39, 0.29) is 5.91 Å². The van der Waals surface area contributed by atoms with E-state index < -0.39 is 0 Å². The van der Waals surface area contributed by atoms with E-state index in [0.717, 1.165) is 28.7 Å². The van der Waals surface area contributed by atoms with Crippen molar-refractivity contribution in [1.29, 1.82) is 0 Å². The van der Waals surface area contributed by atoms with E-state index in [9.17, 15) is 4.79 Å². The molecule has 0 saturated heterocycles. The number of nitrogens with one attached hydrogen (secondary N) is 1. The van der Waals surface area contributed by atoms with Gasteiger partial charge in [0.15, 0.2) is 5.13 Å². The monoisotopic (exact) mass is 422 g/mol. The van der Waals surface area contributed by atoms with Gasteiger partial charge in [-0.05, 0) is 47.9 Å². The Bertz CT molecular complexity index is 1180. The second kappa shape index (κ2) is 8.64. The molecule has 0 aliphatic carbocycles. The van der Waals surface area contributed by atoms with Crippen LogP contribution in [0.4, 0.5) is 5.13 Å². The van der Waals surface area contributed by atoms with Crippen LogP contribution in [0.1, 0.15) is 28.7 Å². The maximum atomic E-state index is 12.2. The zero-order chi connectivity index (χ0) is 20.2. The van der Waals surface area contributed by atoms with Gasteiger partial charge in [0.2, 0.25) is 5.91 Å². The average molecular weight is 423 g/mol. The Hall–Kier alpha value is -2.89. The van der Waals surface area contributed by atoms with Gasteiger partial charge in [-0.2, -0.15) is 0 Å². The fraction of sp³-hybridized carbons (Fsp3) is 0.130. The molecule has 1 amide bonds. The van der Waals surface area contributed by atoms with Crippen molar-refractivity contribution in [2.75, 3.05) is 5.32 Å². The lowest BCUT2D eigenvalue weighted by Gasteiger charge is -2.00. The van der Waals surface area contributed by atoms with Gasteiger partial charge in [0.25, 0.3) is 0 Å². The molecule has 0 fully saturated rings. The van der Waals surface area contributed by atoms with Crippen LogP contribution in [-0.2, 0) is 17.6 Å². The Morgan fingerprint density at radius 3 is 2.76 bits per heavy atom. The van der Waals surface area contributed by atoms with Gasteiger partial charge < -0.3 is 4.42 Å². The first-order chi connectivity index (χ1) is 14.1. The van der Waals surface area contributed by atoms with E-state index >= 15 is 0 Å². The molecule has 0 aliphatic rings. The summed E-state index contributed by atoms with van der Waals surface area (Å²) in [5, 5.41) is 4.92. The molecule has 29 heavy (non-hydrogen) atoms. The summed E-state index contributed by atoms with van der Waals surface area (Å²) in [6.45, 7) is 2.14. The van der Waals surface area contributed by atoms with Crippen LogP contribution in [0.5, 0.6) is 0 Å². The number of fused-ring (bicyclic) bond motifs is 1. The van der Waals surface area contributed by atoms with Gasteiger partial charge in [-0.25, -0.2) is 4.98 Å². The van der Waals surface area contributed by atoms with E-state index in [1.807, 2.05) is 18.2 Å². The number of anilines is 1. The van der Waals surface area contributed by atoms with Crippen LogP contribution < -0.4 is 5.32 Å². The van der Waals surface area contributed by atoms with E-state index in [1.54, 1.807) is 18.3 Å². The third-order valence-electron chi connectivity index (χ3n) is 4.49. The number of hydrogen-bond acceptors (Lipinski definition) is 4. The van der Waals surface area contributed by atoms with Crippen LogP contribution in [0.15, 0.2) is 65.2 Å². The van der Waals surface area contributed by atoms with Crippen LogP contribution >= 0.6 is 22.9 Å². The number of amides is 1. The predicted molar refractivity (Wildman–Crippen MR) is 120 cm³/mol. The van der Waals surface area contributed by atoms with Crippen LogP contribution in [0.2, 0.25) is 5.02 Å². The fourth-order valence-electron chi connectivity index (χ4n) is 2.96. The minimum absolute atomic E-state index is 0.253. The van der Waals surface area contributed by atoms with Crippen LogP contribution in [0, 0.1) is 0 Å². The summed E-state index contributed by atoms with van der Waals surface area (Å²) in [7, 11) is 0. The van der Waals surface area contributed by atoms with Gasteiger partial charge in [-0.15, -0.1) is 11.3 Å². The number of benzene rings is 2. The summed E-state index contributed by atoms with van der Waals surface area (Å²) >= 11 is 7.46. The number of furan rings is 1. The smallest absolute Gasteiger partial charge is 0.250 e. The Morgan fingerprint density at radius 2 is 1.97 bits per heavy atom. The lowest BCUT2D eigenvalue weighted by Crippen LogP contribution is -2.06. The maximum absolute atomic E-state index is 12.2. The molecule has 0 spiro atoms. The van der Waals surface area contributed by atoms with Crippen molar-refractivity contribution in [2.45, 2.75) is 19.8 Å². The number of rotatable bonds is 6. The van der Waals surface area contributed by atoms with E-state index in [4.69, 9.17) is 16.0 Å². The lowest BCUT2D eigenvalue weighted by molar-refractivity contribution is -0.111. The molecule has 0 aliphatic heterocycles. The lowest BCUT2D eigenvalue weighted by atomic mass is 10.1. The highest BCUT2D eigenvalue weighted by Crippen LogP contribution is 2.24. The highest BCUT2D eigenvalue weighted by atomic mass is 35.5. The molecule has 0 unspecified atom stereocenters. The summed E-state index contributed by atoms with van der Waals surface area (Å²) in [5.41, 5.74) is 3.28. The number of hydrogen-bond donors (Lipinski definition) is 1. The van der Waals surface area contributed by atoms with Gasteiger partial charge in [0.1, 0.15) is 11.3 Å². The Kier molecular flexibility index (Phi) is 5.79. The number of aromatic nitrogens is 1. The summed E-state index contributed by atoms with van der Waals surface area (Å²) < 4.78 is 5.67. The molecule has 2 aromatic heterocycles. The van der Waals surface area contributed by atoms with E-state index in [2.05, 4.69) is 41.5 Å². The summed E-state index contributed by atoms with van der Waals surface area (Å²) in [4.78, 5) is 17.6. The number of halogens is 1. The first-order valence-electron chi connectivity index (χ1n) is 9.30. The van der Waals surface area contributed by atoms with Gasteiger partial charge >= 0.3 is 0 Å². The minimum atomic E-state index is -0.253. The van der Waals surface area contributed by atoms with E-state index in [1.165, 1.54) is 28.5 Å². The molecule has 0 atom stereocenters. The molecule has 146 valence electrons. The van der Waals surface area contributed by atoms with Gasteiger partial charge in [-0.1, -0.05) is 42.8 Å². The number of carbonyl (C=O) groups excluding carboxylic acids is 1. The number of nitrogens with zero attached hydrogens (tertiary/aromatic N) is 1. The molecule has 0 radical (unpaired) electrons. The van der Waals surface area contributed by atoms with Gasteiger partial charge in [0.05, 0.1) is 0 Å². The zero-order valence-electron chi connectivity index (χ0n) is 15.8. The molecule has 4 aromatic rings. The third kappa shape index (κ3) is 4.94. The molecule has 0 bridgehead atoms. The molecule has 2 heterocycles. The number of carbonyl (C=O) groups is 1. The SMILES string of the molecule is CCc1ccc(Cc2cnc(NC(=O)/C=C/c3cc4cc(Cl)ccc4o3)s2)cc1. The average Bonchev–Trinajstić information content (AvgIpc) is 3.33. The van der Waals surface area contributed by atoms with Crippen LogP contribution in [-0.4, -0.2) is 10.9 Å². The van der Waals surface area contributed by atoms with Crippen LogP contribution in [0.3, 0.4) is 0 Å². The standard InChI is InChI=1S/C23H19ClN2O2S/c1-2-15-3-5-16(6-4-15)11-20-14-25-23(29-20)26-22(27)10-8-19-13-17-12-18(24)7-9-21(17)28-19/h3-10,12-14H,2,11H2,1H3,(H,25,26,27)/b10-8+. The molecule has 4 rings (SSSR count). The second-order valence-corrected chi connectivity index (χ2v) is 8.18. The van der Waals surface area contributed by atoms with Crippen molar-refractivity contribution < 1.29 is 9.21 Å². The molecule has 2 aromatic carbocycles. The maximum Gasteiger partial charge on any atom is 0.250 e. The van der Waals surface area contributed by atoms with Gasteiger partial charge in [0, 0.05) is 34.0 Å². The van der Waals surface area contributed by atoms with Crippen molar-refractivity contribution in [2.24, 2.45) is 0 Å². The Morgan fingerprint density at radius 1 is 1.17 bits per heavy atom. The van der Waals surface area contributed by atoms with Crippen molar-refractivity contribution in [1.82, 2.24) is 4.98 Å².